The van der Waals surface area contributed by atoms with Crippen LogP contribution < -0.4 is 25.4 Å². The zero-order chi connectivity index (χ0) is 18.9. The van der Waals surface area contributed by atoms with Crippen molar-refractivity contribution in [3.63, 3.8) is 0 Å². The van der Waals surface area contributed by atoms with E-state index in [-0.39, 0.29) is 30.0 Å². The van der Waals surface area contributed by atoms with E-state index in [1.54, 1.807) is 57.4 Å². The molecule has 2 heterocycles. The lowest BCUT2D eigenvalue weighted by Crippen LogP contribution is -2.54. The number of nitrogens with zero attached hydrogens (tertiary/aromatic N) is 2. The van der Waals surface area contributed by atoms with Crippen molar-refractivity contribution in [2.45, 2.75) is 19.4 Å². The fraction of sp³-hybridized carbons (Fsp3) is 0.278. The Morgan fingerprint density at radius 1 is 1.27 bits per heavy atom. The molecule has 26 heavy (non-hydrogen) atoms. The summed E-state index contributed by atoms with van der Waals surface area (Å²) in [7, 11) is 1.57. The summed E-state index contributed by atoms with van der Waals surface area (Å²) in [5.74, 6) is 0.826. The maximum Gasteiger partial charge on any atom is 0.272 e. The molecule has 3 rings (SSSR count). The van der Waals surface area contributed by atoms with Gasteiger partial charge in [-0.25, -0.2) is 4.98 Å². The van der Waals surface area contributed by atoms with Gasteiger partial charge in [-0.3, -0.25) is 14.5 Å². The van der Waals surface area contributed by atoms with Crippen LogP contribution in [0.4, 0.5) is 17.3 Å². The van der Waals surface area contributed by atoms with E-state index in [0.717, 1.165) is 0 Å². The van der Waals surface area contributed by atoms with Crippen LogP contribution >= 0.6 is 0 Å². The first-order valence-electron chi connectivity index (χ1n) is 8.01. The molecule has 8 nitrogen and oxygen atoms in total. The molecule has 136 valence electrons. The summed E-state index contributed by atoms with van der Waals surface area (Å²) in [5, 5.41) is 2.75. The van der Waals surface area contributed by atoms with Crippen molar-refractivity contribution in [2.75, 3.05) is 29.6 Å². The Bertz CT molecular complexity index is 849. The predicted octanol–water partition coefficient (Wildman–Crippen LogP) is 1.82. The van der Waals surface area contributed by atoms with Crippen molar-refractivity contribution in [1.29, 1.82) is 0 Å². The smallest absolute Gasteiger partial charge is 0.272 e. The molecule has 0 radical (unpaired) electrons. The number of ether oxygens (including phenoxy) is 2. The van der Waals surface area contributed by atoms with Crippen LogP contribution in [0.5, 0.6) is 11.5 Å². The summed E-state index contributed by atoms with van der Waals surface area (Å²) in [6, 6.07) is 10.1. The third-order valence-electron chi connectivity index (χ3n) is 3.92. The Morgan fingerprint density at radius 3 is 2.62 bits per heavy atom. The number of rotatable bonds is 4. The molecule has 3 N–H and O–H groups in total. The normalized spacial score (nSPS) is 15.0. The van der Waals surface area contributed by atoms with Crippen LogP contribution in [-0.4, -0.2) is 36.1 Å². The summed E-state index contributed by atoms with van der Waals surface area (Å²) in [6.45, 7) is 3.08. The number of hydrogen-bond acceptors (Lipinski definition) is 6. The number of amides is 2. The molecule has 1 aliphatic heterocycles. The number of fused-ring (bicyclic) bond motifs is 1. The Kier molecular flexibility index (Phi) is 4.41. The first kappa shape index (κ1) is 17.5. The molecule has 0 fully saturated rings. The van der Waals surface area contributed by atoms with E-state index in [1.165, 1.54) is 4.90 Å². The maximum atomic E-state index is 12.7. The van der Waals surface area contributed by atoms with Crippen molar-refractivity contribution < 1.29 is 19.1 Å². The average molecular weight is 356 g/mol. The SMILES string of the molecule is COc1ccc(NC(=O)CN2C(=O)C(C)(C)Oc3ccc(N)nc32)cc1. The standard InChI is InChI=1S/C18H20N4O4/c1-18(2)17(24)22(16-13(26-18)8-9-14(19)21-16)10-15(23)20-11-4-6-12(25-3)7-5-11/h4-9H,10H2,1-3H3,(H2,19,21)(H,20,23). The van der Waals surface area contributed by atoms with Gasteiger partial charge in [-0.05, 0) is 50.2 Å². The van der Waals surface area contributed by atoms with E-state index < -0.39 is 5.60 Å². The van der Waals surface area contributed by atoms with Gasteiger partial charge >= 0.3 is 0 Å². The van der Waals surface area contributed by atoms with E-state index >= 15 is 0 Å². The monoisotopic (exact) mass is 356 g/mol. The van der Waals surface area contributed by atoms with Gasteiger partial charge in [-0.15, -0.1) is 0 Å². The molecular formula is C18H20N4O4. The molecule has 1 aromatic carbocycles. The minimum Gasteiger partial charge on any atom is -0.497 e. The molecule has 0 unspecified atom stereocenters. The summed E-state index contributed by atoms with van der Waals surface area (Å²) in [4.78, 5) is 30.6. The van der Waals surface area contributed by atoms with Crippen LogP contribution in [0.25, 0.3) is 0 Å². The molecule has 8 heteroatoms. The summed E-state index contributed by atoms with van der Waals surface area (Å²) < 4.78 is 10.8. The first-order chi connectivity index (χ1) is 12.3. The van der Waals surface area contributed by atoms with E-state index in [1.807, 2.05) is 0 Å². The number of benzene rings is 1. The fourth-order valence-corrected chi connectivity index (χ4v) is 2.63. The highest BCUT2D eigenvalue weighted by molar-refractivity contribution is 6.07. The lowest BCUT2D eigenvalue weighted by molar-refractivity contribution is -0.133. The molecule has 0 aliphatic carbocycles. The largest absolute Gasteiger partial charge is 0.497 e. The number of anilines is 3. The van der Waals surface area contributed by atoms with Crippen LogP contribution in [0.1, 0.15) is 13.8 Å². The number of aromatic nitrogens is 1. The van der Waals surface area contributed by atoms with Crippen molar-refractivity contribution in [3.8, 4) is 11.5 Å². The number of nitrogens with two attached hydrogens (primary N) is 1. The summed E-state index contributed by atoms with van der Waals surface area (Å²) in [5.41, 5.74) is 5.21. The number of methoxy groups -OCH3 is 1. The molecule has 0 atom stereocenters. The predicted molar refractivity (Wildman–Crippen MR) is 97.3 cm³/mol. The average Bonchev–Trinajstić information content (AvgIpc) is 2.60. The van der Waals surface area contributed by atoms with Crippen LogP contribution in [0.3, 0.4) is 0 Å². The summed E-state index contributed by atoms with van der Waals surface area (Å²) in [6.07, 6.45) is 0. The van der Waals surface area contributed by atoms with Gasteiger partial charge in [0.25, 0.3) is 5.91 Å². The van der Waals surface area contributed by atoms with E-state index in [4.69, 9.17) is 15.2 Å². The highest BCUT2D eigenvalue weighted by Gasteiger charge is 2.42. The zero-order valence-electron chi connectivity index (χ0n) is 14.8. The molecule has 1 aliphatic rings. The minimum atomic E-state index is -1.11. The molecule has 0 bridgehead atoms. The molecule has 0 saturated carbocycles. The van der Waals surface area contributed by atoms with Gasteiger partial charge in [-0.2, -0.15) is 0 Å². The second-order valence-corrected chi connectivity index (χ2v) is 6.34. The molecule has 0 saturated heterocycles. The number of hydrogen-bond donors (Lipinski definition) is 2. The zero-order valence-corrected chi connectivity index (χ0v) is 14.8. The number of nitrogens with one attached hydrogen (secondary N) is 1. The molecule has 2 aromatic rings. The second kappa shape index (κ2) is 6.55. The van der Waals surface area contributed by atoms with E-state index in [9.17, 15) is 9.59 Å². The number of carbonyl (C=O) groups is 2. The second-order valence-electron chi connectivity index (χ2n) is 6.34. The highest BCUT2D eigenvalue weighted by Crippen LogP contribution is 2.36. The van der Waals surface area contributed by atoms with Crippen LogP contribution in [0.2, 0.25) is 0 Å². The van der Waals surface area contributed by atoms with Crippen molar-refractivity contribution in [3.05, 3.63) is 36.4 Å². The van der Waals surface area contributed by atoms with Gasteiger partial charge in [0, 0.05) is 5.69 Å². The lowest BCUT2D eigenvalue weighted by atomic mass is 10.1. The van der Waals surface area contributed by atoms with Gasteiger partial charge in [0.05, 0.1) is 7.11 Å². The Morgan fingerprint density at radius 2 is 1.96 bits per heavy atom. The first-order valence-corrected chi connectivity index (χ1v) is 8.01. The quantitative estimate of drug-likeness (QED) is 0.865. The Balaban J connectivity index is 1.81. The molecular weight excluding hydrogens is 336 g/mol. The van der Waals surface area contributed by atoms with E-state index in [2.05, 4.69) is 10.3 Å². The fourth-order valence-electron chi connectivity index (χ4n) is 2.63. The summed E-state index contributed by atoms with van der Waals surface area (Å²) >= 11 is 0. The van der Waals surface area contributed by atoms with Crippen LogP contribution in [-0.2, 0) is 9.59 Å². The number of nitrogen functional groups attached to an aromatic ring is 1. The van der Waals surface area contributed by atoms with Gasteiger partial charge in [0.2, 0.25) is 5.91 Å². The van der Waals surface area contributed by atoms with Crippen molar-refractivity contribution in [2.24, 2.45) is 0 Å². The van der Waals surface area contributed by atoms with Crippen LogP contribution in [0, 0.1) is 0 Å². The molecule has 0 spiro atoms. The van der Waals surface area contributed by atoms with Crippen molar-refractivity contribution >= 4 is 29.1 Å². The lowest BCUT2D eigenvalue weighted by Gasteiger charge is -2.37. The number of carbonyl (C=O) groups excluding carboxylic acids is 2. The highest BCUT2D eigenvalue weighted by atomic mass is 16.5. The minimum absolute atomic E-state index is 0.207. The van der Waals surface area contributed by atoms with Gasteiger partial charge in [-0.1, -0.05) is 0 Å². The van der Waals surface area contributed by atoms with Gasteiger partial charge in [0.15, 0.2) is 17.2 Å². The van der Waals surface area contributed by atoms with Crippen molar-refractivity contribution in [1.82, 2.24) is 4.98 Å². The number of pyridine rings is 1. The molecule has 1 aromatic heterocycles. The maximum absolute atomic E-state index is 12.7. The Labute approximate surface area is 150 Å². The third kappa shape index (κ3) is 3.39. The van der Waals surface area contributed by atoms with Gasteiger partial charge in [0.1, 0.15) is 18.1 Å². The van der Waals surface area contributed by atoms with Crippen LogP contribution in [0.15, 0.2) is 36.4 Å². The molecule has 2 amide bonds. The Hall–Kier alpha value is -3.29. The topological polar surface area (TPSA) is 107 Å². The van der Waals surface area contributed by atoms with Gasteiger partial charge < -0.3 is 20.5 Å². The third-order valence-corrected chi connectivity index (χ3v) is 3.92. The van der Waals surface area contributed by atoms with E-state index in [0.29, 0.717) is 17.2 Å².